The number of aromatic nitrogens is 3. The summed E-state index contributed by atoms with van der Waals surface area (Å²) >= 11 is 0. The molecule has 420 valence electrons. The minimum atomic E-state index is 0. The molecule has 0 amide bonds. The van der Waals surface area contributed by atoms with Crippen molar-refractivity contribution < 1.29 is 20.1 Å². The molecule has 23 heterocycles. The molecule has 0 saturated carbocycles. The molecule has 0 spiro atoms. The van der Waals surface area contributed by atoms with E-state index in [0.717, 1.165) is 160 Å². The molecule has 0 radical (unpaired) electrons. The van der Waals surface area contributed by atoms with Crippen molar-refractivity contribution in [3.63, 3.8) is 0 Å². The van der Waals surface area contributed by atoms with Crippen LogP contribution in [-0.2, 0) is 45.8 Å². The number of hydrogen-bond acceptors (Lipinski definition) is 3. The van der Waals surface area contributed by atoms with E-state index in [1.807, 2.05) is 12.4 Å². The second-order valence-corrected chi connectivity index (χ2v) is 23.2. The molecule has 11 aromatic carbocycles. The molecule has 4 heteroatoms. The van der Waals surface area contributed by atoms with Gasteiger partial charge in [0.05, 0.1) is 0 Å². The number of pyridine rings is 3. The maximum absolute atomic E-state index is 5.32. The minimum absolute atomic E-state index is 0. The standard InChI is InChI=1S/C85H56N3.Ir/c1-2-12-60(13-3-1)61-34-36-63(37-35-61)81-52-85-66-32-28-57(29-33-66)23-24-58-47-70-50-71(48-58)78-19-9-6-16-75(78)68-43-45-84(87-54-68)65-40-38-62(39-41-65)73-14-4-7-17-76(73)69-46-59(49-72(51-69)79-20-10-11-21-80(79)82(81)55-88-85)25-22-56-26-30-64(31-27-56)83-44-42-67(53-86-83)74-15-5-8-18-77(70)74;/h1-21,26-30,32,34-40,42-55H,22-25H2;/q-3;+3. The first-order valence-corrected chi connectivity index (χ1v) is 30.3. The van der Waals surface area contributed by atoms with Crippen molar-refractivity contribution >= 4 is 0 Å². The van der Waals surface area contributed by atoms with Gasteiger partial charge in [-0.05, 0) is 148 Å². The number of aryl methyl sites for hydroxylation is 4. The van der Waals surface area contributed by atoms with Gasteiger partial charge in [0.25, 0.3) is 0 Å². The van der Waals surface area contributed by atoms with Gasteiger partial charge in [0.2, 0.25) is 0 Å². The summed E-state index contributed by atoms with van der Waals surface area (Å²) < 4.78 is 0. The Morgan fingerprint density at radius 2 is 0.573 bits per heavy atom. The van der Waals surface area contributed by atoms with Crippen LogP contribution in [0.3, 0.4) is 0 Å². The minimum Gasteiger partial charge on any atom is -0.304 e. The summed E-state index contributed by atoms with van der Waals surface area (Å²) in [6.45, 7) is 0. The zero-order valence-electron chi connectivity index (χ0n) is 48.7. The smallest absolute Gasteiger partial charge is 0.304 e. The van der Waals surface area contributed by atoms with Gasteiger partial charge in [0, 0.05) is 24.2 Å². The SMILES string of the molecule is [Ir+3].[c-]1cc2ccc1-c1ccc(cn1)-c1ccccc1-c1cc3cc(c1)-c1ccccc1-c1ccc(nc1)-c1[c-]cc(cc1)-c1ccccc1-c1cc(cc(c1)-c1ccccc1-c1cnc(cc1-c1ccc(-c4ccccc4)cc1)-c1[c-]cc(cc1)CC3)CC2. The van der Waals surface area contributed by atoms with Gasteiger partial charge in [-0.3, -0.25) is 0 Å². The molecule has 7 aliphatic carbocycles. The van der Waals surface area contributed by atoms with Crippen LogP contribution in [0, 0.1) is 18.2 Å². The van der Waals surface area contributed by atoms with Crippen LogP contribution in [0.5, 0.6) is 0 Å². The Labute approximate surface area is 534 Å². The zero-order chi connectivity index (χ0) is 58.3. The van der Waals surface area contributed by atoms with E-state index in [-0.39, 0.29) is 20.1 Å². The maximum Gasteiger partial charge on any atom is 3.00 e. The fourth-order valence-corrected chi connectivity index (χ4v) is 13.1. The molecule has 27 aliphatic rings. The fraction of sp³-hybridized carbons (Fsp3) is 0.0471. The molecular weight excluding hydrogens is 1260 g/mol. The molecule has 20 aliphatic heterocycles. The van der Waals surface area contributed by atoms with E-state index >= 15 is 0 Å². The predicted octanol–water partition coefficient (Wildman–Crippen LogP) is 21.1. The van der Waals surface area contributed by atoms with Crippen molar-refractivity contribution in [2.45, 2.75) is 25.7 Å². The van der Waals surface area contributed by atoms with Crippen molar-refractivity contribution in [3.8, 4) is 145 Å². The van der Waals surface area contributed by atoms with Crippen LogP contribution in [0.1, 0.15) is 22.3 Å². The summed E-state index contributed by atoms with van der Waals surface area (Å²) in [6.07, 6.45) is 9.42. The van der Waals surface area contributed by atoms with Gasteiger partial charge in [-0.25, -0.2) is 0 Å². The summed E-state index contributed by atoms with van der Waals surface area (Å²) in [5, 5.41) is 0. The van der Waals surface area contributed by atoms with Crippen LogP contribution in [0.2, 0.25) is 0 Å². The van der Waals surface area contributed by atoms with Crippen molar-refractivity contribution in [1.82, 2.24) is 15.0 Å². The van der Waals surface area contributed by atoms with E-state index in [1.165, 1.54) is 33.4 Å². The Bertz CT molecular complexity index is 4900. The van der Waals surface area contributed by atoms with Gasteiger partial charge in [-0.2, -0.15) is 0 Å². The summed E-state index contributed by atoms with van der Waals surface area (Å²) in [4.78, 5) is 15.6. The van der Waals surface area contributed by atoms with Crippen molar-refractivity contribution in [3.05, 3.63) is 332 Å². The summed E-state index contributed by atoms with van der Waals surface area (Å²) in [5.41, 5.74) is 32.8. The zero-order valence-corrected chi connectivity index (χ0v) is 51.1. The topological polar surface area (TPSA) is 38.7 Å². The summed E-state index contributed by atoms with van der Waals surface area (Å²) in [5.74, 6) is 0. The van der Waals surface area contributed by atoms with E-state index in [4.69, 9.17) is 15.0 Å². The van der Waals surface area contributed by atoms with Crippen molar-refractivity contribution in [2.75, 3.05) is 0 Å². The van der Waals surface area contributed by atoms with Crippen molar-refractivity contribution in [2.24, 2.45) is 0 Å². The largest absolute Gasteiger partial charge is 3.00 e. The Kier molecular flexibility index (Phi) is 14.9. The van der Waals surface area contributed by atoms with Gasteiger partial charge >= 0.3 is 20.1 Å². The van der Waals surface area contributed by atoms with E-state index in [1.54, 1.807) is 0 Å². The van der Waals surface area contributed by atoms with Crippen LogP contribution in [0.15, 0.2) is 292 Å². The van der Waals surface area contributed by atoms with E-state index in [2.05, 4.69) is 297 Å². The van der Waals surface area contributed by atoms with E-state index in [0.29, 0.717) is 0 Å². The van der Waals surface area contributed by atoms with Crippen LogP contribution in [0.4, 0.5) is 0 Å². The van der Waals surface area contributed by atoms with Gasteiger partial charge < -0.3 is 15.0 Å². The molecule has 3 aromatic heterocycles. The monoisotopic (exact) mass is 1310 g/mol. The maximum atomic E-state index is 5.32. The molecule has 3 nitrogen and oxygen atoms in total. The van der Waals surface area contributed by atoms with E-state index in [9.17, 15) is 0 Å². The third kappa shape index (κ3) is 11.0. The Morgan fingerprint density at radius 3 is 1.02 bits per heavy atom. The number of hydrogen-bond donors (Lipinski definition) is 0. The average molecular weight is 1310 g/mol. The molecule has 0 saturated heterocycles. The number of rotatable bonds is 2. The number of benzene rings is 11. The molecule has 0 unspecified atom stereocenters. The van der Waals surface area contributed by atoms with Crippen molar-refractivity contribution in [1.29, 1.82) is 0 Å². The first-order valence-electron chi connectivity index (χ1n) is 30.3. The molecule has 0 fully saturated rings. The molecule has 14 aromatic rings. The van der Waals surface area contributed by atoms with E-state index < -0.39 is 0 Å². The molecule has 89 heavy (non-hydrogen) atoms. The van der Waals surface area contributed by atoms with Gasteiger partial charge in [0.15, 0.2) is 0 Å². The van der Waals surface area contributed by atoms with Gasteiger partial charge in [0.1, 0.15) is 0 Å². The van der Waals surface area contributed by atoms with Gasteiger partial charge in [-0.15, -0.1) is 101 Å². The molecule has 0 N–H and O–H groups in total. The van der Waals surface area contributed by atoms with Gasteiger partial charge in [-0.1, -0.05) is 230 Å². The summed E-state index contributed by atoms with van der Waals surface area (Å²) in [7, 11) is 0. The quantitative estimate of drug-likeness (QED) is 0.162. The molecule has 18 bridgehead atoms. The summed E-state index contributed by atoms with van der Waals surface area (Å²) in [6, 6.07) is 111. The van der Waals surface area contributed by atoms with Crippen LogP contribution >= 0.6 is 0 Å². The normalized spacial score (nSPS) is 12.0. The average Bonchev–Trinajstić information content (AvgIpc) is 2.90. The number of nitrogens with zero attached hydrogens (tertiary/aromatic N) is 3. The molecule has 41 rings (SSSR count). The first-order chi connectivity index (χ1) is 43.5. The fourth-order valence-electron chi connectivity index (χ4n) is 13.1. The first kappa shape index (κ1) is 55.1. The third-order valence-corrected chi connectivity index (χ3v) is 17.7. The Balaban J connectivity index is 0.00000663. The second-order valence-electron chi connectivity index (χ2n) is 23.2. The third-order valence-electron chi connectivity index (χ3n) is 17.7. The van der Waals surface area contributed by atoms with Crippen LogP contribution in [-0.4, -0.2) is 15.0 Å². The Morgan fingerprint density at radius 1 is 0.213 bits per heavy atom. The predicted molar refractivity (Wildman–Crippen MR) is 362 cm³/mol. The van der Waals surface area contributed by atoms with Crippen LogP contribution < -0.4 is 0 Å². The Hall–Kier alpha value is -10.5. The van der Waals surface area contributed by atoms with Crippen LogP contribution in [0.25, 0.3) is 145 Å². The second kappa shape index (κ2) is 24.0. The molecular formula is C85H56IrN3. The molecule has 0 atom stereocenters.